The summed E-state index contributed by atoms with van der Waals surface area (Å²) in [5.74, 6) is 0. The number of hydrogen-bond acceptors (Lipinski definition) is 3. The maximum atomic E-state index is 12.5. The van der Waals surface area contributed by atoms with E-state index in [0.29, 0.717) is 5.39 Å². The van der Waals surface area contributed by atoms with Crippen molar-refractivity contribution in [2.24, 2.45) is 0 Å². The third kappa shape index (κ3) is 1.46. The smallest absolute Gasteiger partial charge is 0.266 e. The predicted octanol–water partition coefficient (Wildman–Crippen LogP) is 3.29. The van der Waals surface area contributed by atoms with Gasteiger partial charge in [-0.15, -0.1) is 0 Å². The zero-order valence-corrected chi connectivity index (χ0v) is 11.7. The Morgan fingerprint density at radius 2 is 2.12 bits per heavy atom. The molecular formula is C12H9BrN2OS. The molecule has 0 atom stereocenters. The molecule has 0 saturated heterocycles. The first kappa shape index (κ1) is 10.9. The minimum absolute atomic E-state index is 0.0163. The lowest BCUT2D eigenvalue weighted by Crippen LogP contribution is -2.15. The van der Waals surface area contributed by atoms with Gasteiger partial charge < -0.3 is 0 Å². The molecule has 5 heteroatoms. The molecule has 0 spiro atoms. The summed E-state index contributed by atoms with van der Waals surface area (Å²) in [4.78, 5) is 17.7. The summed E-state index contributed by atoms with van der Waals surface area (Å²) >= 11 is 4.93. The van der Waals surface area contributed by atoms with E-state index < -0.39 is 0 Å². The van der Waals surface area contributed by atoms with E-state index >= 15 is 0 Å². The monoisotopic (exact) mass is 308 g/mol. The van der Waals surface area contributed by atoms with Crippen LogP contribution in [0.5, 0.6) is 0 Å². The third-order valence-electron chi connectivity index (χ3n) is 2.88. The van der Waals surface area contributed by atoms with Crippen LogP contribution in [0.4, 0.5) is 0 Å². The van der Waals surface area contributed by atoms with Gasteiger partial charge in [0, 0.05) is 5.69 Å². The first-order chi connectivity index (χ1) is 8.09. The van der Waals surface area contributed by atoms with E-state index in [4.69, 9.17) is 0 Å². The summed E-state index contributed by atoms with van der Waals surface area (Å²) in [6.07, 6.45) is 0. The molecule has 0 radical (unpaired) electrons. The van der Waals surface area contributed by atoms with Gasteiger partial charge in [0.2, 0.25) is 0 Å². The van der Waals surface area contributed by atoms with E-state index in [2.05, 4.69) is 20.9 Å². The van der Waals surface area contributed by atoms with E-state index in [9.17, 15) is 4.79 Å². The van der Waals surface area contributed by atoms with Gasteiger partial charge in [-0.1, -0.05) is 23.5 Å². The highest BCUT2D eigenvalue weighted by Crippen LogP contribution is 2.27. The van der Waals surface area contributed by atoms with E-state index in [-0.39, 0.29) is 5.56 Å². The van der Waals surface area contributed by atoms with E-state index in [1.165, 1.54) is 11.3 Å². The van der Waals surface area contributed by atoms with Gasteiger partial charge in [0.05, 0.1) is 14.7 Å². The van der Waals surface area contributed by atoms with Gasteiger partial charge in [0.25, 0.3) is 5.56 Å². The Balaban J connectivity index is 2.68. The van der Waals surface area contributed by atoms with E-state index in [1.54, 1.807) is 4.40 Å². The topological polar surface area (TPSA) is 34.4 Å². The van der Waals surface area contributed by atoms with Crippen LogP contribution in [0.15, 0.2) is 26.8 Å². The van der Waals surface area contributed by atoms with Gasteiger partial charge in [-0.05, 0) is 41.4 Å². The van der Waals surface area contributed by atoms with Gasteiger partial charge in [0.15, 0.2) is 4.96 Å². The molecule has 3 rings (SSSR count). The molecule has 2 heterocycles. The molecule has 3 nitrogen and oxygen atoms in total. The molecule has 1 aromatic carbocycles. The Bertz CT molecular complexity index is 803. The number of rotatable bonds is 0. The number of halogens is 1. The highest BCUT2D eigenvalue weighted by molar-refractivity contribution is 9.11. The lowest BCUT2D eigenvalue weighted by atomic mass is 10.1. The van der Waals surface area contributed by atoms with Gasteiger partial charge in [0.1, 0.15) is 0 Å². The lowest BCUT2D eigenvalue weighted by molar-refractivity contribution is 1.04. The van der Waals surface area contributed by atoms with Crippen LogP contribution in [-0.2, 0) is 0 Å². The molecule has 0 saturated carbocycles. The maximum Gasteiger partial charge on any atom is 0.266 e. The van der Waals surface area contributed by atoms with Crippen molar-refractivity contribution in [3.8, 4) is 0 Å². The van der Waals surface area contributed by atoms with Crippen LogP contribution in [0.25, 0.3) is 15.9 Å². The summed E-state index contributed by atoms with van der Waals surface area (Å²) < 4.78 is 2.62. The van der Waals surface area contributed by atoms with Crippen LogP contribution in [0.3, 0.4) is 0 Å². The SMILES string of the molecule is Cc1cccc2nc3sc(Br)c(C)n3c(=O)c12. The van der Waals surface area contributed by atoms with Gasteiger partial charge in [-0.3, -0.25) is 9.20 Å². The molecule has 0 fully saturated rings. The number of fused-ring (bicyclic) bond motifs is 2. The first-order valence-corrected chi connectivity index (χ1v) is 6.77. The molecule has 0 amide bonds. The molecule has 0 bridgehead atoms. The number of benzene rings is 1. The summed E-state index contributed by atoms with van der Waals surface area (Å²) in [5, 5.41) is 0.707. The van der Waals surface area contributed by atoms with Crippen molar-refractivity contribution in [1.29, 1.82) is 0 Å². The fourth-order valence-electron chi connectivity index (χ4n) is 1.98. The first-order valence-electron chi connectivity index (χ1n) is 5.16. The highest BCUT2D eigenvalue weighted by atomic mass is 79.9. The fourth-order valence-corrected chi connectivity index (χ4v) is 3.45. The molecule has 86 valence electrons. The third-order valence-corrected chi connectivity index (χ3v) is 4.87. The van der Waals surface area contributed by atoms with Crippen molar-refractivity contribution >= 4 is 43.1 Å². The van der Waals surface area contributed by atoms with Crippen molar-refractivity contribution in [2.45, 2.75) is 13.8 Å². The molecule has 17 heavy (non-hydrogen) atoms. The van der Waals surface area contributed by atoms with E-state index in [1.807, 2.05) is 32.0 Å². The van der Waals surface area contributed by atoms with Crippen molar-refractivity contribution in [2.75, 3.05) is 0 Å². The van der Waals surface area contributed by atoms with Crippen LogP contribution in [0.1, 0.15) is 11.3 Å². The van der Waals surface area contributed by atoms with Gasteiger partial charge in [-0.25, -0.2) is 4.98 Å². The standard InChI is InChI=1S/C12H9BrN2OS/c1-6-4-3-5-8-9(6)11(16)15-7(2)10(13)17-12(15)14-8/h3-5H,1-2H3. The highest BCUT2D eigenvalue weighted by Gasteiger charge is 2.13. The normalized spacial score (nSPS) is 11.5. The largest absolute Gasteiger partial charge is 0.268 e. The fraction of sp³-hybridized carbons (Fsp3) is 0.167. The van der Waals surface area contributed by atoms with Gasteiger partial charge >= 0.3 is 0 Å². The number of aryl methyl sites for hydroxylation is 2. The molecule has 3 aromatic rings. The second kappa shape index (κ2) is 3.65. The Kier molecular flexibility index (Phi) is 2.34. The Hall–Kier alpha value is -1.20. The van der Waals surface area contributed by atoms with Crippen LogP contribution >= 0.6 is 27.3 Å². The van der Waals surface area contributed by atoms with Crippen molar-refractivity contribution in [1.82, 2.24) is 9.38 Å². The number of thiazole rings is 1. The molecule has 2 aromatic heterocycles. The molecule has 0 unspecified atom stereocenters. The summed E-state index contributed by atoms with van der Waals surface area (Å²) in [7, 11) is 0. The van der Waals surface area contributed by atoms with E-state index in [0.717, 1.165) is 25.5 Å². The Morgan fingerprint density at radius 3 is 2.88 bits per heavy atom. The summed E-state index contributed by atoms with van der Waals surface area (Å²) in [6.45, 7) is 3.86. The van der Waals surface area contributed by atoms with Crippen LogP contribution in [0.2, 0.25) is 0 Å². The second-order valence-electron chi connectivity index (χ2n) is 3.97. The maximum absolute atomic E-state index is 12.5. The van der Waals surface area contributed by atoms with Gasteiger partial charge in [-0.2, -0.15) is 0 Å². The van der Waals surface area contributed by atoms with Crippen molar-refractivity contribution in [3.05, 3.63) is 43.6 Å². The zero-order chi connectivity index (χ0) is 12.2. The Labute approximate surface area is 110 Å². The average molecular weight is 309 g/mol. The predicted molar refractivity (Wildman–Crippen MR) is 74.0 cm³/mol. The number of aromatic nitrogens is 2. The molecule has 0 N–H and O–H groups in total. The minimum atomic E-state index is 0.0163. The number of hydrogen-bond donors (Lipinski definition) is 0. The van der Waals surface area contributed by atoms with Crippen LogP contribution in [-0.4, -0.2) is 9.38 Å². The molecular weight excluding hydrogens is 300 g/mol. The van der Waals surface area contributed by atoms with Crippen LogP contribution in [0, 0.1) is 13.8 Å². The summed E-state index contributed by atoms with van der Waals surface area (Å²) in [6, 6.07) is 5.75. The quantitative estimate of drug-likeness (QED) is 0.638. The second-order valence-corrected chi connectivity index (χ2v) is 6.26. The molecule has 0 aliphatic carbocycles. The average Bonchev–Trinajstić information content (AvgIpc) is 2.55. The zero-order valence-electron chi connectivity index (χ0n) is 9.32. The number of nitrogens with zero attached hydrogens (tertiary/aromatic N) is 2. The summed E-state index contributed by atoms with van der Waals surface area (Å²) in [5.41, 5.74) is 2.66. The molecule has 0 aliphatic heterocycles. The van der Waals surface area contributed by atoms with Crippen molar-refractivity contribution < 1.29 is 0 Å². The lowest BCUT2D eigenvalue weighted by Gasteiger charge is -2.02. The molecule has 0 aliphatic rings. The Morgan fingerprint density at radius 1 is 1.35 bits per heavy atom. The van der Waals surface area contributed by atoms with Crippen molar-refractivity contribution in [3.63, 3.8) is 0 Å². The van der Waals surface area contributed by atoms with Crippen LogP contribution < -0.4 is 5.56 Å². The minimum Gasteiger partial charge on any atom is -0.268 e.